The van der Waals surface area contributed by atoms with Gasteiger partial charge in [-0.3, -0.25) is 15.4 Å². The highest BCUT2D eigenvalue weighted by atomic mass is 19.4. The fourth-order valence-corrected chi connectivity index (χ4v) is 1.92. The van der Waals surface area contributed by atoms with Crippen molar-refractivity contribution in [3.05, 3.63) is 59.7 Å². The number of ether oxygens (including phenoxy) is 1. The molecule has 0 saturated heterocycles. The Morgan fingerprint density at radius 1 is 0.821 bits per heavy atom. The fraction of sp³-hybridized carbons (Fsp3) is 0.0625. The highest BCUT2D eigenvalue weighted by Crippen LogP contribution is 2.23. The summed E-state index contributed by atoms with van der Waals surface area (Å²) in [7, 11) is 0. The van der Waals surface area contributed by atoms with Crippen molar-refractivity contribution in [3.63, 3.8) is 0 Å². The van der Waals surface area contributed by atoms with Crippen molar-refractivity contribution >= 4 is 23.7 Å². The van der Waals surface area contributed by atoms with Crippen molar-refractivity contribution in [3.8, 4) is 5.75 Å². The molecule has 0 aliphatic carbocycles. The van der Waals surface area contributed by atoms with Crippen molar-refractivity contribution in [1.29, 1.82) is 0 Å². The molecule has 5 amide bonds. The number of nitrogens with one attached hydrogen (secondary N) is 3. The lowest BCUT2D eigenvalue weighted by molar-refractivity contribution is -0.274. The van der Waals surface area contributed by atoms with Gasteiger partial charge < -0.3 is 10.1 Å². The molecule has 2 rings (SSSR count). The number of carbonyl (C=O) groups excluding carboxylic acids is 3. The molecule has 0 bridgehead atoms. The van der Waals surface area contributed by atoms with Crippen LogP contribution in [0.5, 0.6) is 5.75 Å². The Labute approximate surface area is 153 Å². The number of hydrogen-bond acceptors (Lipinski definition) is 4. The second-order valence-corrected chi connectivity index (χ2v) is 5.03. The molecule has 0 aliphatic heterocycles. The van der Waals surface area contributed by atoms with Crippen molar-refractivity contribution in [1.82, 2.24) is 10.6 Å². The minimum atomic E-state index is -4.88. The van der Waals surface area contributed by atoms with Crippen molar-refractivity contribution in [2.24, 2.45) is 0 Å². The Balaban J connectivity index is 1.90. The Morgan fingerprint density at radius 2 is 1.39 bits per heavy atom. The van der Waals surface area contributed by atoms with Crippen molar-refractivity contribution < 1.29 is 41.1 Å². The average Bonchev–Trinajstić information content (AvgIpc) is 2.54. The zero-order chi connectivity index (χ0) is 20.9. The monoisotopic (exact) mass is 403 g/mol. The molecule has 0 aromatic heterocycles. The normalized spacial score (nSPS) is 10.8. The van der Waals surface area contributed by atoms with Gasteiger partial charge in [0.1, 0.15) is 22.9 Å². The number of urea groups is 2. The maximum atomic E-state index is 13.4. The fourth-order valence-electron chi connectivity index (χ4n) is 1.92. The van der Waals surface area contributed by atoms with Crippen LogP contribution in [0.3, 0.4) is 0 Å². The lowest BCUT2D eigenvalue weighted by Crippen LogP contribution is -2.44. The van der Waals surface area contributed by atoms with E-state index in [2.05, 4.69) is 10.1 Å². The SMILES string of the molecule is O=C(NC(=O)Nc1ccc(OC(F)(F)F)cc1)NC(=O)c1c(F)cccc1F. The van der Waals surface area contributed by atoms with Crippen LogP contribution < -0.4 is 20.7 Å². The van der Waals surface area contributed by atoms with Gasteiger partial charge >= 0.3 is 18.4 Å². The van der Waals surface area contributed by atoms with E-state index in [1.165, 1.54) is 0 Å². The lowest BCUT2D eigenvalue weighted by Gasteiger charge is -2.10. The smallest absolute Gasteiger partial charge is 0.406 e. The molecular formula is C16H10F5N3O4. The van der Waals surface area contributed by atoms with E-state index in [1.807, 2.05) is 0 Å². The number of imide groups is 2. The van der Waals surface area contributed by atoms with E-state index in [9.17, 15) is 36.3 Å². The first-order valence-corrected chi connectivity index (χ1v) is 7.28. The topological polar surface area (TPSA) is 96.5 Å². The molecule has 148 valence electrons. The zero-order valence-corrected chi connectivity index (χ0v) is 13.6. The Hall–Kier alpha value is -3.70. The molecular weight excluding hydrogens is 393 g/mol. The van der Waals surface area contributed by atoms with Crippen LogP contribution >= 0.6 is 0 Å². The lowest BCUT2D eigenvalue weighted by atomic mass is 10.2. The van der Waals surface area contributed by atoms with Gasteiger partial charge in [0, 0.05) is 5.69 Å². The van der Waals surface area contributed by atoms with Crippen molar-refractivity contribution in [2.75, 3.05) is 5.32 Å². The number of benzene rings is 2. The Bertz CT molecular complexity index is 880. The number of rotatable bonds is 3. The minimum absolute atomic E-state index is 0.00806. The van der Waals surface area contributed by atoms with Crippen molar-refractivity contribution in [2.45, 2.75) is 6.36 Å². The van der Waals surface area contributed by atoms with Gasteiger partial charge in [0.2, 0.25) is 0 Å². The summed E-state index contributed by atoms with van der Waals surface area (Å²) >= 11 is 0. The number of alkyl halides is 3. The van der Waals surface area contributed by atoms with Gasteiger partial charge in [0.05, 0.1) is 0 Å². The average molecular weight is 403 g/mol. The van der Waals surface area contributed by atoms with E-state index < -0.39 is 47.3 Å². The van der Waals surface area contributed by atoms with E-state index in [0.717, 1.165) is 42.5 Å². The van der Waals surface area contributed by atoms with Gasteiger partial charge in [-0.15, -0.1) is 13.2 Å². The van der Waals surface area contributed by atoms with Crippen LogP contribution in [-0.4, -0.2) is 24.3 Å². The summed E-state index contributed by atoms with van der Waals surface area (Å²) in [5.74, 6) is -4.38. The van der Waals surface area contributed by atoms with Crippen LogP contribution in [0.25, 0.3) is 0 Å². The molecule has 2 aromatic rings. The van der Waals surface area contributed by atoms with E-state index in [0.29, 0.717) is 0 Å². The second-order valence-electron chi connectivity index (χ2n) is 5.03. The molecule has 2 aromatic carbocycles. The zero-order valence-electron chi connectivity index (χ0n) is 13.6. The molecule has 0 unspecified atom stereocenters. The maximum Gasteiger partial charge on any atom is 0.573 e. The Morgan fingerprint density at radius 3 is 1.93 bits per heavy atom. The largest absolute Gasteiger partial charge is 0.573 e. The third kappa shape index (κ3) is 5.93. The molecule has 0 aliphatic rings. The molecule has 0 heterocycles. The predicted molar refractivity (Wildman–Crippen MR) is 84.5 cm³/mol. The second kappa shape index (κ2) is 8.33. The molecule has 0 fully saturated rings. The molecule has 3 N–H and O–H groups in total. The summed E-state index contributed by atoms with van der Waals surface area (Å²) < 4.78 is 66.7. The predicted octanol–water partition coefficient (Wildman–Crippen LogP) is 3.53. The summed E-state index contributed by atoms with van der Waals surface area (Å²) in [5.41, 5.74) is -1.02. The van der Waals surface area contributed by atoms with Crippen LogP contribution in [0.2, 0.25) is 0 Å². The molecule has 0 saturated carbocycles. The standard InChI is InChI=1S/C16H10F5N3O4/c17-10-2-1-3-11(18)12(10)13(25)23-15(27)24-14(26)22-8-4-6-9(7-5-8)28-16(19,20)21/h1-7H,(H3,22,23,24,25,26,27). The van der Waals surface area contributed by atoms with Gasteiger partial charge in [-0.05, 0) is 36.4 Å². The van der Waals surface area contributed by atoms with Crippen LogP contribution in [0.15, 0.2) is 42.5 Å². The number of hydrogen-bond donors (Lipinski definition) is 3. The van der Waals surface area contributed by atoms with Crippen LogP contribution in [0.4, 0.5) is 37.2 Å². The summed E-state index contributed by atoms with van der Waals surface area (Å²) in [6.07, 6.45) is -4.88. The number of carbonyl (C=O) groups is 3. The first-order valence-electron chi connectivity index (χ1n) is 7.28. The first kappa shape index (κ1) is 20.6. The maximum absolute atomic E-state index is 13.4. The van der Waals surface area contributed by atoms with Gasteiger partial charge in [-0.2, -0.15) is 0 Å². The van der Waals surface area contributed by atoms with Crippen LogP contribution in [0, 0.1) is 11.6 Å². The number of amides is 5. The summed E-state index contributed by atoms with van der Waals surface area (Å²) in [5, 5.41) is 5.29. The highest BCUT2D eigenvalue weighted by molar-refractivity contribution is 6.09. The summed E-state index contributed by atoms with van der Waals surface area (Å²) in [6.45, 7) is 0. The van der Waals surface area contributed by atoms with E-state index >= 15 is 0 Å². The molecule has 0 atom stereocenters. The van der Waals surface area contributed by atoms with Crippen LogP contribution in [-0.2, 0) is 0 Å². The highest BCUT2D eigenvalue weighted by Gasteiger charge is 2.31. The first-order chi connectivity index (χ1) is 13.0. The molecule has 12 heteroatoms. The van der Waals surface area contributed by atoms with E-state index in [1.54, 1.807) is 10.6 Å². The van der Waals surface area contributed by atoms with Gasteiger partial charge in [-0.25, -0.2) is 18.4 Å². The van der Waals surface area contributed by atoms with Crippen LogP contribution in [0.1, 0.15) is 10.4 Å². The number of halogens is 5. The van der Waals surface area contributed by atoms with E-state index in [4.69, 9.17) is 0 Å². The molecule has 0 spiro atoms. The van der Waals surface area contributed by atoms with Gasteiger partial charge in [-0.1, -0.05) is 6.07 Å². The quantitative estimate of drug-likeness (QED) is 0.683. The summed E-state index contributed by atoms with van der Waals surface area (Å²) in [4.78, 5) is 34.9. The van der Waals surface area contributed by atoms with Gasteiger partial charge in [0.15, 0.2) is 0 Å². The molecule has 7 nitrogen and oxygen atoms in total. The molecule has 0 radical (unpaired) electrons. The van der Waals surface area contributed by atoms with Gasteiger partial charge in [0.25, 0.3) is 5.91 Å². The summed E-state index contributed by atoms with van der Waals surface area (Å²) in [6, 6.07) is 3.99. The molecule has 28 heavy (non-hydrogen) atoms. The Kier molecular flexibility index (Phi) is 6.13. The third-order valence-electron chi connectivity index (χ3n) is 2.99. The van der Waals surface area contributed by atoms with E-state index in [-0.39, 0.29) is 5.69 Å². The number of anilines is 1. The minimum Gasteiger partial charge on any atom is -0.406 e. The third-order valence-corrected chi connectivity index (χ3v) is 2.99.